The summed E-state index contributed by atoms with van der Waals surface area (Å²) in [6.07, 6.45) is -0.00745. The summed E-state index contributed by atoms with van der Waals surface area (Å²) in [7, 11) is 0. The largest absolute Gasteiger partial charge is 0.323 e. The lowest BCUT2D eigenvalue weighted by Crippen LogP contribution is -2.15. The van der Waals surface area contributed by atoms with Gasteiger partial charge in [0.1, 0.15) is 5.82 Å². The van der Waals surface area contributed by atoms with Gasteiger partial charge in [-0.1, -0.05) is 12.1 Å². The second-order valence-electron chi connectivity index (χ2n) is 4.14. The first kappa shape index (κ1) is 14.5. The average molecular weight is 297 g/mol. The zero-order valence-corrected chi connectivity index (χ0v) is 11.1. The highest BCUT2D eigenvalue weighted by Crippen LogP contribution is 2.18. The van der Waals surface area contributed by atoms with E-state index in [-0.39, 0.29) is 12.1 Å². The van der Waals surface area contributed by atoms with Crippen molar-refractivity contribution in [1.82, 2.24) is 0 Å². The molecule has 0 radical (unpaired) electrons. The Morgan fingerprint density at radius 3 is 2.25 bits per heavy atom. The van der Waals surface area contributed by atoms with Gasteiger partial charge < -0.3 is 5.32 Å². The fourth-order valence-corrected chi connectivity index (χ4v) is 1.76. The van der Waals surface area contributed by atoms with Crippen molar-refractivity contribution < 1.29 is 18.0 Å². The molecule has 1 N–H and O–H groups in total. The van der Waals surface area contributed by atoms with Crippen LogP contribution in [0.2, 0.25) is 0 Å². The monoisotopic (exact) mass is 297 g/mol. The highest BCUT2D eigenvalue weighted by molar-refractivity contribution is 7.80. The van der Waals surface area contributed by atoms with Crippen molar-refractivity contribution in [3.63, 3.8) is 0 Å². The van der Waals surface area contributed by atoms with Gasteiger partial charge in [-0.05, 0) is 17.7 Å². The molecule has 0 heterocycles. The number of benzene rings is 2. The van der Waals surface area contributed by atoms with Crippen molar-refractivity contribution in [2.24, 2.45) is 0 Å². The number of thiol groups is 1. The molecule has 0 atom stereocenters. The Labute approximate surface area is 119 Å². The van der Waals surface area contributed by atoms with Crippen LogP contribution in [0.3, 0.4) is 0 Å². The van der Waals surface area contributed by atoms with Gasteiger partial charge in [-0.2, -0.15) is 0 Å². The van der Waals surface area contributed by atoms with Crippen molar-refractivity contribution in [2.45, 2.75) is 11.3 Å². The molecule has 0 unspecified atom stereocenters. The maximum absolute atomic E-state index is 13.4. The molecule has 1 amide bonds. The van der Waals surface area contributed by atoms with Crippen LogP contribution in [-0.2, 0) is 11.2 Å². The molecule has 0 bridgehead atoms. The Hall–Kier alpha value is -1.95. The molecule has 2 aromatic rings. The summed E-state index contributed by atoms with van der Waals surface area (Å²) in [5, 5.41) is 2.20. The van der Waals surface area contributed by atoms with E-state index in [2.05, 4.69) is 17.9 Å². The Bertz CT molecular complexity index is 644. The van der Waals surface area contributed by atoms with Crippen LogP contribution in [0.15, 0.2) is 41.3 Å². The number of anilines is 1. The summed E-state index contributed by atoms with van der Waals surface area (Å²) in [5.41, 5.74) is 0.308. The molecule has 0 aliphatic heterocycles. The van der Waals surface area contributed by atoms with Crippen molar-refractivity contribution in [3.05, 3.63) is 59.4 Å². The molecule has 0 aromatic heterocycles. The van der Waals surface area contributed by atoms with Crippen LogP contribution >= 0.6 is 12.6 Å². The van der Waals surface area contributed by atoms with Crippen molar-refractivity contribution in [2.75, 3.05) is 5.32 Å². The van der Waals surface area contributed by atoms with Gasteiger partial charge in [-0.3, -0.25) is 4.79 Å². The molecule has 0 aliphatic carbocycles. The first-order valence-corrected chi connectivity index (χ1v) is 6.13. The summed E-state index contributed by atoms with van der Waals surface area (Å²) in [6.45, 7) is 0. The number of hydrogen-bond acceptors (Lipinski definition) is 2. The molecule has 0 spiro atoms. The first-order valence-electron chi connectivity index (χ1n) is 5.68. The van der Waals surface area contributed by atoms with E-state index < -0.39 is 23.4 Å². The maximum atomic E-state index is 13.4. The number of carbonyl (C=O) groups is 1. The highest BCUT2D eigenvalue weighted by Gasteiger charge is 2.12. The van der Waals surface area contributed by atoms with E-state index in [1.807, 2.05) is 0 Å². The number of amides is 1. The Balaban J connectivity index is 2.08. The highest BCUT2D eigenvalue weighted by atomic mass is 32.1. The number of rotatable bonds is 3. The van der Waals surface area contributed by atoms with E-state index in [1.54, 1.807) is 24.3 Å². The SMILES string of the molecule is O=C(Cc1ccc(S)cc1)Nc1cc(F)c(F)cc1F. The van der Waals surface area contributed by atoms with Gasteiger partial charge in [-0.15, -0.1) is 12.6 Å². The molecule has 20 heavy (non-hydrogen) atoms. The van der Waals surface area contributed by atoms with Gasteiger partial charge in [0.05, 0.1) is 12.1 Å². The van der Waals surface area contributed by atoms with Crippen LogP contribution < -0.4 is 5.32 Å². The molecule has 0 saturated heterocycles. The summed E-state index contributed by atoms with van der Waals surface area (Å²) < 4.78 is 39.1. The second kappa shape index (κ2) is 6.00. The third kappa shape index (κ3) is 3.54. The van der Waals surface area contributed by atoms with E-state index in [0.717, 1.165) is 4.90 Å². The minimum Gasteiger partial charge on any atom is -0.323 e. The average Bonchev–Trinajstić information content (AvgIpc) is 2.39. The maximum Gasteiger partial charge on any atom is 0.228 e. The topological polar surface area (TPSA) is 29.1 Å². The number of halogens is 3. The Morgan fingerprint density at radius 2 is 1.60 bits per heavy atom. The molecule has 2 rings (SSSR count). The van der Waals surface area contributed by atoms with Gasteiger partial charge in [0.2, 0.25) is 5.91 Å². The molecule has 2 nitrogen and oxygen atoms in total. The fraction of sp³-hybridized carbons (Fsp3) is 0.0714. The van der Waals surface area contributed by atoms with Gasteiger partial charge in [-0.25, -0.2) is 13.2 Å². The number of carbonyl (C=O) groups excluding carboxylic acids is 1. The lowest BCUT2D eigenvalue weighted by atomic mass is 10.1. The molecule has 0 fully saturated rings. The summed E-state index contributed by atoms with van der Waals surface area (Å²) in [4.78, 5) is 12.5. The third-order valence-electron chi connectivity index (χ3n) is 2.59. The van der Waals surface area contributed by atoms with Crippen LogP contribution in [0.4, 0.5) is 18.9 Å². The van der Waals surface area contributed by atoms with Crippen LogP contribution in [0.1, 0.15) is 5.56 Å². The van der Waals surface area contributed by atoms with Crippen molar-refractivity contribution in [1.29, 1.82) is 0 Å². The molecule has 0 saturated carbocycles. The number of hydrogen-bond donors (Lipinski definition) is 2. The minimum atomic E-state index is -1.30. The van der Waals surface area contributed by atoms with Crippen LogP contribution in [-0.4, -0.2) is 5.91 Å². The first-order chi connectivity index (χ1) is 9.45. The Morgan fingerprint density at radius 1 is 1.00 bits per heavy atom. The molecule has 104 valence electrons. The quantitative estimate of drug-likeness (QED) is 0.658. The van der Waals surface area contributed by atoms with Gasteiger partial charge in [0.15, 0.2) is 11.6 Å². The van der Waals surface area contributed by atoms with Gasteiger partial charge >= 0.3 is 0 Å². The van der Waals surface area contributed by atoms with Gasteiger partial charge in [0.25, 0.3) is 0 Å². The lowest BCUT2D eigenvalue weighted by molar-refractivity contribution is -0.115. The lowest BCUT2D eigenvalue weighted by Gasteiger charge is -2.07. The molecular formula is C14H10F3NOS. The normalized spacial score (nSPS) is 10.4. The van der Waals surface area contributed by atoms with Crippen LogP contribution in [0.5, 0.6) is 0 Å². The van der Waals surface area contributed by atoms with E-state index >= 15 is 0 Å². The van der Waals surface area contributed by atoms with E-state index in [1.165, 1.54) is 0 Å². The zero-order valence-electron chi connectivity index (χ0n) is 10.2. The van der Waals surface area contributed by atoms with E-state index in [9.17, 15) is 18.0 Å². The standard InChI is InChI=1S/C14H10F3NOS/c15-10-6-12(17)13(7-11(10)16)18-14(19)5-8-1-3-9(20)4-2-8/h1-4,6-7,20H,5H2,(H,18,19). The van der Waals surface area contributed by atoms with E-state index in [4.69, 9.17) is 0 Å². The molecule has 0 aliphatic rings. The smallest absolute Gasteiger partial charge is 0.228 e. The predicted octanol–water partition coefficient (Wildman–Crippen LogP) is 3.57. The summed E-state index contributed by atoms with van der Waals surface area (Å²) in [5.74, 6) is -4.07. The minimum absolute atomic E-state index is 0.00745. The summed E-state index contributed by atoms with van der Waals surface area (Å²) >= 11 is 4.11. The van der Waals surface area contributed by atoms with Gasteiger partial charge in [0, 0.05) is 17.0 Å². The number of nitrogens with one attached hydrogen (secondary N) is 1. The van der Waals surface area contributed by atoms with Crippen molar-refractivity contribution in [3.8, 4) is 0 Å². The second-order valence-corrected chi connectivity index (χ2v) is 4.65. The molecule has 2 aromatic carbocycles. The predicted molar refractivity (Wildman–Crippen MR) is 72.3 cm³/mol. The van der Waals surface area contributed by atoms with E-state index in [0.29, 0.717) is 17.7 Å². The van der Waals surface area contributed by atoms with Crippen LogP contribution in [0, 0.1) is 17.5 Å². The molecular weight excluding hydrogens is 287 g/mol. The van der Waals surface area contributed by atoms with Crippen LogP contribution in [0.25, 0.3) is 0 Å². The fourth-order valence-electron chi connectivity index (χ4n) is 1.61. The zero-order chi connectivity index (χ0) is 14.7. The molecule has 6 heteroatoms. The summed E-state index contributed by atoms with van der Waals surface area (Å²) in [6, 6.07) is 7.82. The van der Waals surface area contributed by atoms with Crippen molar-refractivity contribution >= 4 is 24.2 Å². The third-order valence-corrected chi connectivity index (χ3v) is 2.88. The Kier molecular flexibility index (Phi) is 4.34.